The lowest BCUT2D eigenvalue weighted by atomic mass is 9.96. The molecule has 2 heterocycles. The summed E-state index contributed by atoms with van der Waals surface area (Å²) >= 11 is 0. The molecule has 0 aliphatic heterocycles. The van der Waals surface area contributed by atoms with E-state index in [1.807, 2.05) is 35.8 Å². The van der Waals surface area contributed by atoms with Gasteiger partial charge in [0.2, 0.25) is 0 Å². The number of anilines is 1. The number of aromatic nitrogens is 5. The van der Waals surface area contributed by atoms with Crippen molar-refractivity contribution in [2.24, 2.45) is 0 Å². The summed E-state index contributed by atoms with van der Waals surface area (Å²) in [5, 5.41) is 18.0. The van der Waals surface area contributed by atoms with E-state index in [-0.39, 0.29) is 5.91 Å². The van der Waals surface area contributed by atoms with E-state index in [2.05, 4.69) is 25.7 Å². The number of H-pyrrole nitrogens is 1. The number of aryl methyl sites for hydroxylation is 2. The molecule has 2 N–H and O–H groups in total. The van der Waals surface area contributed by atoms with E-state index in [9.17, 15) is 4.79 Å². The summed E-state index contributed by atoms with van der Waals surface area (Å²) in [6.07, 6.45) is 5.79. The van der Waals surface area contributed by atoms with Crippen LogP contribution in [0.15, 0.2) is 30.6 Å². The number of hydrogen-bond donors (Lipinski definition) is 2. The second-order valence-corrected chi connectivity index (χ2v) is 5.99. The van der Waals surface area contributed by atoms with E-state index in [4.69, 9.17) is 0 Å². The highest BCUT2D eigenvalue weighted by atomic mass is 16.1. The van der Waals surface area contributed by atoms with Gasteiger partial charge in [-0.1, -0.05) is 6.07 Å². The first-order valence-electron chi connectivity index (χ1n) is 8.07. The molecule has 1 aromatic carbocycles. The topological polar surface area (TPSA) is 88.5 Å². The second kappa shape index (κ2) is 5.92. The van der Waals surface area contributed by atoms with Crippen molar-refractivity contribution in [2.45, 2.75) is 32.6 Å². The largest absolute Gasteiger partial charge is 0.321 e. The highest BCUT2D eigenvalue weighted by Gasteiger charge is 2.21. The van der Waals surface area contributed by atoms with Gasteiger partial charge in [-0.3, -0.25) is 14.5 Å². The summed E-state index contributed by atoms with van der Waals surface area (Å²) in [6.45, 7) is 1.88. The number of hydrogen-bond acceptors (Lipinski definition) is 4. The maximum absolute atomic E-state index is 12.6. The molecule has 0 atom stereocenters. The van der Waals surface area contributed by atoms with E-state index >= 15 is 0 Å². The zero-order chi connectivity index (χ0) is 16.5. The molecule has 1 aliphatic carbocycles. The molecule has 0 saturated carbocycles. The van der Waals surface area contributed by atoms with Gasteiger partial charge in [-0.05, 0) is 50.8 Å². The SMILES string of the molecule is Cc1nncn1-c1cccc(NC(=O)c2n[nH]c3c2CCCC3)c1. The molecule has 1 aliphatic rings. The first-order chi connectivity index (χ1) is 11.7. The average Bonchev–Trinajstić information content (AvgIpc) is 3.21. The first kappa shape index (κ1) is 14.6. The molecule has 7 nitrogen and oxygen atoms in total. The normalized spacial score (nSPS) is 13.5. The Hall–Kier alpha value is -2.96. The molecular formula is C17H18N6O. The molecule has 3 aromatic rings. The van der Waals surface area contributed by atoms with Crippen molar-refractivity contribution in [3.8, 4) is 5.69 Å². The van der Waals surface area contributed by atoms with E-state index < -0.39 is 0 Å². The molecule has 2 aromatic heterocycles. The molecule has 7 heteroatoms. The smallest absolute Gasteiger partial charge is 0.276 e. The van der Waals surface area contributed by atoms with Crippen molar-refractivity contribution < 1.29 is 4.79 Å². The van der Waals surface area contributed by atoms with Crippen LogP contribution < -0.4 is 5.32 Å². The molecule has 122 valence electrons. The van der Waals surface area contributed by atoms with Crippen LogP contribution >= 0.6 is 0 Å². The maximum Gasteiger partial charge on any atom is 0.276 e. The predicted molar refractivity (Wildman–Crippen MR) is 89.3 cm³/mol. The highest BCUT2D eigenvalue weighted by Crippen LogP contribution is 2.23. The maximum atomic E-state index is 12.6. The molecule has 0 spiro atoms. The van der Waals surface area contributed by atoms with Gasteiger partial charge in [-0.25, -0.2) is 0 Å². The Balaban J connectivity index is 1.58. The van der Waals surface area contributed by atoms with Crippen LogP contribution in [0.3, 0.4) is 0 Å². The lowest BCUT2D eigenvalue weighted by Crippen LogP contribution is -2.15. The Kier molecular flexibility index (Phi) is 3.60. The van der Waals surface area contributed by atoms with Crippen LogP contribution in [0.5, 0.6) is 0 Å². The summed E-state index contributed by atoms with van der Waals surface area (Å²) in [5.41, 5.74) is 4.29. The summed E-state index contributed by atoms with van der Waals surface area (Å²) < 4.78 is 1.87. The molecule has 0 bridgehead atoms. The van der Waals surface area contributed by atoms with Crippen LogP contribution in [-0.4, -0.2) is 30.9 Å². The number of amides is 1. The van der Waals surface area contributed by atoms with Gasteiger partial charge in [-0.15, -0.1) is 10.2 Å². The minimum Gasteiger partial charge on any atom is -0.321 e. The predicted octanol–water partition coefficient (Wildman–Crippen LogP) is 2.43. The number of carbonyl (C=O) groups is 1. The van der Waals surface area contributed by atoms with Gasteiger partial charge in [0, 0.05) is 16.9 Å². The van der Waals surface area contributed by atoms with Gasteiger partial charge in [0.15, 0.2) is 5.69 Å². The van der Waals surface area contributed by atoms with Crippen molar-refractivity contribution in [2.75, 3.05) is 5.32 Å². The van der Waals surface area contributed by atoms with Crippen LogP contribution in [0.25, 0.3) is 5.69 Å². The van der Waals surface area contributed by atoms with Gasteiger partial charge in [-0.2, -0.15) is 5.10 Å². The van der Waals surface area contributed by atoms with Crippen LogP contribution in [-0.2, 0) is 12.8 Å². The number of fused-ring (bicyclic) bond motifs is 1. The minimum atomic E-state index is -0.174. The van der Waals surface area contributed by atoms with Gasteiger partial charge in [0.05, 0.1) is 5.69 Å². The number of aromatic amines is 1. The Labute approximate surface area is 139 Å². The molecule has 1 amide bonds. The standard InChI is InChI=1S/C17H18N6O/c1-11-20-18-10-23(11)13-6-4-5-12(9-13)19-17(24)16-14-7-2-3-8-15(14)21-22-16/h4-6,9-10H,2-3,7-8H2,1H3,(H,19,24)(H,21,22). The molecule has 0 unspecified atom stereocenters. The van der Waals surface area contributed by atoms with Crippen molar-refractivity contribution in [3.63, 3.8) is 0 Å². The summed E-state index contributed by atoms with van der Waals surface area (Å²) in [4.78, 5) is 12.6. The Bertz CT molecular complexity index is 894. The van der Waals surface area contributed by atoms with Crippen molar-refractivity contribution in [1.29, 1.82) is 0 Å². The molecular weight excluding hydrogens is 304 g/mol. The van der Waals surface area contributed by atoms with E-state index in [1.165, 1.54) is 0 Å². The molecule has 0 fully saturated rings. The zero-order valence-electron chi connectivity index (χ0n) is 13.4. The average molecular weight is 322 g/mol. The second-order valence-electron chi connectivity index (χ2n) is 5.99. The lowest BCUT2D eigenvalue weighted by molar-refractivity contribution is 0.102. The summed E-state index contributed by atoms with van der Waals surface area (Å²) in [7, 11) is 0. The summed E-state index contributed by atoms with van der Waals surface area (Å²) in [5.74, 6) is 0.617. The quantitative estimate of drug-likeness (QED) is 0.775. The number of benzene rings is 1. The molecule has 24 heavy (non-hydrogen) atoms. The van der Waals surface area contributed by atoms with E-state index in [0.29, 0.717) is 5.69 Å². The lowest BCUT2D eigenvalue weighted by Gasteiger charge is -2.11. The first-order valence-corrected chi connectivity index (χ1v) is 8.07. The molecule has 4 rings (SSSR count). The van der Waals surface area contributed by atoms with Crippen LogP contribution in [0.4, 0.5) is 5.69 Å². The Morgan fingerprint density at radius 3 is 3.00 bits per heavy atom. The van der Waals surface area contributed by atoms with E-state index in [0.717, 1.165) is 54.1 Å². The van der Waals surface area contributed by atoms with Crippen molar-refractivity contribution >= 4 is 11.6 Å². The fraction of sp³-hybridized carbons (Fsp3) is 0.294. The fourth-order valence-corrected chi connectivity index (χ4v) is 3.14. The van der Waals surface area contributed by atoms with Gasteiger partial charge >= 0.3 is 0 Å². The summed E-state index contributed by atoms with van der Waals surface area (Å²) in [6, 6.07) is 7.60. The van der Waals surface area contributed by atoms with E-state index in [1.54, 1.807) is 6.33 Å². The number of rotatable bonds is 3. The van der Waals surface area contributed by atoms with Gasteiger partial charge < -0.3 is 5.32 Å². The fourth-order valence-electron chi connectivity index (χ4n) is 3.14. The number of nitrogens with one attached hydrogen (secondary N) is 2. The Morgan fingerprint density at radius 1 is 1.29 bits per heavy atom. The zero-order valence-corrected chi connectivity index (χ0v) is 13.4. The third-order valence-corrected chi connectivity index (χ3v) is 4.37. The van der Waals surface area contributed by atoms with Crippen molar-refractivity contribution in [1.82, 2.24) is 25.0 Å². The van der Waals surface area contributed by atoms with Crippen LogP contribution in [0.1, 0.15) is 40.4 Å². The van der Waals surface area contributed by atoms with Gasteiger partial charge in [0.25, 0.3) is 5.91 Å². The van der Waals surface area contributed by atoms with Gasteiger partial charge in [0.1, 0.15) is 12.2 Å². The number of nitrogens with zero attached hydrogens (tertiary/aromatic N) is 4. The highest BCUT2D eigenvalue weighted by molar-refractivity contribution is 6.04. The third kappa shape index (κ3) is 2.58. The monoisotopic (exact) mass is 322 g/mol. The molecule has 0 saturated heterocycles. The van der Waals surface area contributed by atoms with Crippen LogP contribution in [0, 0.1) is 6.92 Å². The van der Waals surface area contributed by atoms with Crippen LogP contribution in [0.2, 0.25) is 0 Å². The minimum absolute atomic E-state index is 0.174. The third-order valence-electron chi connectivity index (χ3n) is 4.37. The number of carbonyl (C=O) groups excluding carboxylic acids is 1. The molecule has 0 radical (unpaired) electrons. The van der Waals surface area contributed by atoms with Crippen molar-refractivity contribution in [3.05, 3.63) is 53.4 Å². The Morgan fingerprint density at radius 2 is 2.17 bits per heavy atom.